The molecule has 0 saturated heterocycles. The Hall–Kier alpha value is -1.62. The highest BCUT2D eigenvalue weighted by Crippen LogP contribution is 2.19. The molecule has 0 fully saturated rings. The number of aryl methyl sites for hydroxylation is 1. The van der Waals surface area contributed by atoms with Crippen molar-refractivity contribution in [3.8, 4) is 6.07 Å². The zero-order valence-electron chi connectivity index (χ0n) is 11.3. The van der Waals surface area contributed by atoms with Crippen molar-refractivity contribution in [3.63, 3.8) is 0 Å². The van der Waals surface area contributed by atoms with Gasteiger partial charge in [0.05, 0.1) is 6.07 Å². The van der Waals surface area contributed by atoms with E-state index in [9.17, 15) is 4.79 Å². The van der Waals surface area contributed by atoms with Crippen molar-refractivity contribution in [1.29, 1.82) is 5.26 Å². The van der Waals surface area contributed by atoms with Crippen LogP contribution in [-0.2, 0) is 4.79 Å². The largest absolute Gasteiger partial charge is 0.298 e. The highest BCUT2D eigenvalue weighted by molar-refractivity contribution is 5.88. The molecule has 0 saturated carbocycles. The summed E-state index contributed by atoms with van der Waals surface area (Å²) in [6, 6.07) is 9.79. The molecular formula is C16H21NO. The van der Waals surface area contributed by atoms with E-state index in [1.807, 2.05) is 31.2 Å². The third-order valence-corrected chi connectivity index (χ3v) is 3.14. The van der Waals surface area contributed by atoms with E-state index >= 15 is 0 Å². The number of carbonyl (C=O) groups is 1. The molecule has 0 aliphatic rings. The van der Waals surface area contributed by atoms with Crippen LogP contribution in [0.15, 0.2) is 24.3 Å². The van der Waals surface area contributed by atoms with Crippen LogP contribution in [0.4, 0.5) is 0 Å². The molecule has 18 heavy (non-hydrogen) atoms. The van der Waals surface area contributed by atoms with Gasteiger partial charge in [-0.1, -0.05) is 56.0 Å². The van der Waals surface area contributed by atoms with Gasteiger partial charge in [0.25, 0.3) is 0 Å². The van der Waals surface area contributed by atoms with Gasteiger partial charge in [-0.2, -0.15) is 5.26 Å². The van der Waals surface area contributed by atoms with E-state index in [2.05, 4.69) is 13.0 Å². The van der Waals surface area contributed by atoms with E-state index in [0.717, 1.165) is 36.8 Å². The predicted octanol–water partition coefficient (Wildman–Crippen LogP) is 4.14. The maximum atomic E-state index is 12.0. The maximum absolute atomic E-state index is 12.0. The van der Waals surface area contributed by atoms with Crippen molar-refractivity contribution < 1.29 is 4.79 Å². The summed E-state index contributed by atoms with van der Waals surface area (Å²) in [5.74, 6) is -0.537. The van der Waals surface area contributed by atoms with Crippen LogP contribution in [0.1, 0.15) is 56.1 Å². The standard InChI is InChI=1S/C16H21NO/c1-3-4-5-6-7-16(18)15(12-17)14-10-8-13(2)9-11-14/h8-11,15H,3-7H2,1-2H3. The fourth-order valence-electron chi connectivity index (χ4n) is 1.96. The van der Waals surface area contributed by atoms with Gasteiger partial charge in [0, 0.05) is 6.42 Å². The van der Waals surface area contributed by atoms with Crippen LogP contribution in [0.3, 0.4) is 0 Å². The van der Waals surface area contributed by atoms with Gasteiger partial charge in [-0.25, -0.2) is 0 Å². The Kier molecular flexibility index (Phi) is 6.14. The second-order valence-electron chi connectivity index (χ2n) is 4.75. The van der Waals surface area contributed by atoms with Crippen molar-refractivity contribution in [3.05, 3.63) is 35.4 Å². The first-order valence-corrected chi connectivity index (χ1v) is 6.68. The van der Waals surface area contributed by atoms with Crippen LogP contribution in [0.5, 0.6) is 0 Å². The monoisotopic (exact) mass is 243 g/mol. The van der Waals surface area contributed by atoms with Gasteiger partial charge >= 0.3 is 0 Å². The second-order valence-corrected chi connectivity index (χ2v) is 4.75. The zero-order valence-corrected chi connectivity index (χ0v) is 11.3. The molecular weight excluding hydrogens is 222 g/mol. The summed E-state index contributed by atoms with van der Waals surface area (Å²) in [5, 5.41) is 9.15. The number of nitrogens with zero attached hydrogens (tertiary/aromatic N) is 1. The number of benzene rings is 1. The van der Waals surface area contributed by atoms with Crippen molar-refractivity contribution in [2.24, 2.45) is 0 Å². The quantitative estimate of drug-likeness (QED) is 0.675. The van der Waals surface area contributed by atoms with E-state index < -0.39 is 5.92 Å². The number of nitriles is 1. The molecule has 0 aliphatic carbocycles. The highest BCUT2D eigenvalue weighted by atomic mass is 16.1. The van der Waals surface area contributed by atoms with Gasteiger partial charge in [-0.05, 0) is 18.9 Å². The number of unbranched alkanes of at least 4 members (excludes halogenated alkanes) is 3. The number of Topliss-reactive ketones (excluding diaryl/α,β-unsaturated/α-hetero) is 1. The SMILES string of the molecule is CCCCCCC(=O)C(C#N)c1ccc(C)cc1. The van der Waals surface area contributed by atoms with Crippen LogP contribution >= 0.6 is 0 Å². The van der Waals surface area contributed by atoms with Crippen LogP contribution in [0, 0.1) is 18.3 Å². The molecule has 1 atom stereocenters. The Morgan fingerprint density at radius 3 is 2.44 bits per heavy atom. The van der Waals surface area contributed by atoms with Gasteiger partial charge in [-0.15, -0.1) is 0 Å². The molecule has 1 unspecified atom stereocenters. The molecule has 0 aliphatic heterocycles. The molecule has 0 radical (unpaired) electrons. The number of rotatable bonds is 7. The summed E-state index contributed by atoms with van der Waals surface area (Å²) in [5.41, 5.74) is 1.97. The minimum atomic E-state index is -0.591. The van der Waals surface area contributed by atoms with Crippen LogP contribution < -0.4 is 0 Å². The summed E-state index contributed by atoms with van der Waals surface area (Å²) in [7, 11) is 0. The molecule has 1 aromatic carbocycles. The van der Waals surface area contributed by atoms with Crippen molar-refractivity contribution in [2.75, 3.05) is 0 Å². The molecule has 2 nitrogen and oxygen atoms in total. The lowest BCUT2D eigenvalue weighted by molar-refractivity contribution is -0.119. The minimum absolute atomic E-state index is 0.0532. The summed E-state index contributed by atoms with van der Waals surface area (Å²) in [4.78, 5) is 12.0. The predicted molar refractivity (Wildman–Crippen MR) is 73.3 cm³/mol. The first-order valence-electron chi connectivity index (χ1n) is 6.68. The Labute approximate surface area is 110 Å². The average Bonchev–Trinajstić information content (AvgIpc) is 2.38. The fourth-order valence-corrected chi connectivity index (χ4v) is 1.96. The Bertz CT molecular complexity index is 414. The van der Waals surface area contributed by atoms with E-state index in [1.54, 1.807) is 0 Å². The van der Waals surface area contributed by atoms with Gasteiger partial charge < -0.3 is 0 Å². The van der Waals surface area contributed by atoms with Crippen molar-refractivity contribution in [1.82, 2.24) is 0 Å². The first kappa shape index (κ1) is 14.4. The Balaban J connectivity index is 2.58. The summed E-state index contributed by atoms with van der Waals surface area (Å²) < 4.78 is 0. The lowest BCUT2D eigenvalue weighted by Crippen LogP contribution is -2.10. The maximum Gasteiger partial charge on any atom is 0.154 e. The molecule has 0 N–H and O–H groups in total. The van der Waals surface area contributed by atoms with Gasteiger partial charge in [0.15, 0.2) is 5.78 Å². The summed E-state index contributed by atoms with van der Waals surface area (Å²) in [6.45, 7) is 4.14. The molecule has 1 rings (SSSR count). The molecule has 0 spiro atoms. The van der Waals surface area contributed by atoms with Crippen LogP contribution in [0.2, 0.25) is 0 Å². The molecule has 0 aromatic heterocycles. The number of carbonyl (C=O) groups excluding carboxylic acids is 1. The van der Waals surface area contributed by atoms with Crippen molar-refractivity contribution >= 4 is 5.78 Å². The van der Waals surface area contributed by atoms with E-state index in [1.165, 1.54) is 0 Å². The molecule has 0 bridgehead atoms. The minimum Gasteiger partial charge on any atom is -0.298 e. The van der Waals surface area contributed by atoms with Crippen LogP contribution in [0.25, 0.3) is 0 Å². The molecule has 0 heterocycles. The molecule has 96 valence electrons. The van der Waals surface area contributed by atoms with Crippen LogP contribution in [-0.4, -0.2) is 5.78 Å². The smallest absolute Gasteiger partial charge is 0.154 e. The van der Waals surface area contributed by atoms with Gasteiger partial charge in [0.1, 0.15) is 5.92 Å². The fraction of sp³-hybridized carbons (Fsp3) is 0.500. The van der Waals surface area contributed by atoms with Gasteiger partial charge in [0.2, 0.25) is 0 Å². The highest BCUT2D eigenvalue weighted by Gasteiger charge is 2.19. The van der Waals surface area contributed by atoms with E-state index in [0.29, 0.717) is 6.42 Å². The Morgan fingerprint density at radius 2 is 1.89 bits per heavy atom. The normalized spacial score (nSPS) is 11.8. The average molecular weight is 243 g/mol. The zero-order chi connectivity index (χ0) is 13.4. The molecule has 2 heteroatoms. The van der Waals surface area contributed by atoms with E-state index in [4.69, 9.17) is 5.26 Å². The number of hydrogen-bond donors (Lipinski definition) is 0. The third kappa shape index (κ3) is 4.33. The summed E-state index contributed by atoms with van der Waals surface area (Å²) in [6.07, 6.45) is 4.82. The topological polar surface area (TPSA) is 40.9 Å². The number of ketones is 1. The second kappa shape index (κ2) is 7.66. The molecule has 1 aromatic rings. The first-order chi connectivity index (χ1) is 8.69. The number of hydrogen-bond acceptors (Lipinski definition) is 2. The summed E-state index contributed by atoms with van der Waals surface area (Å²) >= 11 is 0. The third-order valence-electron chi connectivity index (χ3n) is 3.14. The van der Waals surface area contributed by atoms with E-state index in [-0.39, 0.29) is 5.78 Å². The van der Waals surface area contributed by atoms with Crippen molar-refractivity contribution in [2.45, 2.75) is 51.9 Å². The lowest BCUT2D eigenvalue weighted by Gasteiger charge is -2.08. The van der Waals surface area contributed by atoms with Gasteiger partial charge in [-0.3, -0.25) is 4.79 Å². The Morgan fingerprint density at radius 1 is 1.22 bits per heavy atom. The molecule has 0 amide bonds. The lowest BCUT2D eigenvalue weighted by atomic mass is 9.92.